The first-order valence-electron chi connectivity index (χ1n) is 5.60. The third-order valence-corrected chi connectivity index (χ3v) is 3.80. The van der Waals surface area contributed by atoms with Crippen LogP contribution >= 0.6 is 11.8 Å². The second-order valence-corrected chi connectivity index (χ2v) is 5.14. The van der Waals surface area contributed by atoms with E-state index in [1.807, 2.05) is 34.3 Å². The van der Waals surface area contributed by atoms with Crippen molar-refractivity contribution in [2.45, 2.75) is 19.9 Å². The fourth-order valence-electron chi connectivity index (χ4n) is 1.83. The number of nitrogens with zero attached hydrogens (tertiary/aromatic N) is 3. The molecule has 0 aromatic carbocycles. The maximum absolute atomic E-state index is 11.9. The van der Waals surface area contributed by atoms with E-state index < -0.39 is 0 Å². The highest BCUT2D eigenvalue weighted by Gasteiger charge is 2.16. The molecule has 0 spiro atoms. The number of carbonyl (C=O) groups excluding carboxylic acids is 1. The molecule has 2 rings (SSSR count). The minimum absolute atomic E-state index is 0.272. The molecule has 0 unspecified atom stereocenters. The van der Waals surface area contributed by atoms with Crippen molar-refractivity contribution in [2.75, 3.05) is 24.6 Å². The first-order chi connectivity index (χ1) is 7.77. The molecule has 0 radical (unpaired) electrons. The largest absolute Gasteiger partial charge is 0.341 e. The Morgan fingerprint density at radius 1 is 1.50 bits per heavy atom. The Labute approximate surface area is 100 Å². The highest BCUT2D eigenvalue weighted by molar-refractivity contribution is 7.99. The molecule has 0 N–H and O–H groups in total. The first-order valence-corrected chi connectivity index (χ1v) is 6.76. The number of thioether (sulfide) groups is 1. The summed E-state index contributed by atoms with van der Waals surface area (Å²) in [6.45, 7) is 4.52. The van der Waals surface area contributed by atoms with Crippen LogP contribution in [0.5, 0.6) is 0 Å². The zero-order chi connectivity index (χ0) is 11.4. The highest BCUT2D eigenvalue weighted by atomic mass is 32.2. The minimum Gasteiger partial charge on any atom is -0.341 e. The van der Waals surface area contributed by atoms with Gasteiger partial charge in [0.2, 0.25) is 5.91 Å². The van der Waals surface area contributed by atoms with Crippen molar-refractivity contribution in [1.29, 1.82) is 0 Å². The normalized spacial score (nSPS) is 16.4. The van der Waals surface area contributed by atoms with E-state index in [2.05, 4.69) is 4.98 Å². The Hall–Kier alpha value is -0.970. The maximum atomic E-state index is 11.9. The van der Waals surface area contributed by atoms with E-state index in [1.165, 1.54) is 0 Å². The molecule has 1 fully saturated rings. The Kier molecular flexibility index (Phi) is 3.88. The van der Waals surface area contributed by atoms with Crippen LogP contribution in [0.15, 0.2) is 12.4 Å². The lowest BCUT2D eigenvalue weighted by Gasteiger charge is -2.26. The fourth-order valence-corrected chi connectivity index (χ4v) is 2.73. The molecule has 16 heavy (non-hydrogen) atoms. The van der Waals surface area contributed by atoms with Crippen LogP contribution in [0.25, 0.3) is 0 Å². The Balaban J connectivity index is 1.81. The Morgan fingerprint density at radius 3 is 2.88 bits per heavy atom. The second kappa shape index (κ2) is 5.39. The molecule has 0 saturated carbocycles. The average molecular weight is 239 g/mol. The van der Waals surface area contributed by atoms with Crippen molar-refractivity contribution in [3.8, 4) is 0 Å². The van der Waals surface area contributed by atoms with Crippen molar-refractivity contribution in [2.24, 2.45) is 0 Å². The summed E-state index contributed by atoms with van der Waals surface area (Å²) in [5.41, 5.74) is 0. The first kappa shape index (κ1) is 11.5. The monoisotopic (exact) mass is 239 g/mol. The predicted molar refractivity (Wildman–Crippen MR) is 65.5 cm³/mol. The zero-order valence-corrected chi connectivity index (χ0v) is 10.4. The van der Waals surface area contributed by atoms with E-state index in [0.717, 1.165) is 37.0 Å². The summed E-state index contributed by atoms with van der Waals surface area (Å²) in [7, 11) is 0. The molecule has 88 valence electrons. The third kappa shape index (κ3) is 2.78. The van der Waals surface area contributed by atoms with Crippen molar-refractivity contribution in [3.05, 3.63) is 18.2 Å². The van der Waals surface area contributed by atoms with E-state index >= 15 is 0 Å². The van der Waals surface area contributed by atoms with Gasteiger partial charge >= 0.3 is 0 Å². The summed E-state index contributed by atoms with van der Waals surface area (Å²) in [6.07, 6.45) is 4.29. The number of aryl methyl sites for hydroxylation is 2. The molecule has 1 aliphatic heterocycles. The van der Waals surface area contributed by atoms with Gasteiger partial charge < -0.3 is 9.47 Å². The van der Waals surface area contributed by atoms with E-state index in [4.69, 9.17) is 0 Å². The Bertz CT molecular complexity index is 358. The van der Waals surface area contributed by atoms with Crippen molar-refractivity contribution < 1.29 is 4.79 Å². The number of imidazole rings is 1. The number of amides is 1. The number of carbonyl (C=O) groups is 1. The summed E-state index contributed by atoms with van der Waals surface area (Å²) < 4.78 is 2.02. The van der Waals surface area contributed by atoms with Gasteiger partial charge in [0.15, 0.2) is 0 Å². The lowest BCUT2D eigenvalue weighted by atomic mass is 10.3. The molecule has 0 aliphatic carbocycles. The lowest BCUT2D eigenvalue weighted by molar-refractivity contribution is -0.131. The van der Waals surface area contributed by atoms with E-state index in [9.17, 15) is 4.79 Å². The number of rotatable bonds is 3. The summed E-state index contributed by atoms with van der Waals surface area (Å²) in [6, 6.07) is 0. The molecule has 0 atom stereocenters. The van der Waals surface area contributed by atoms with Crippen molar-refractivity contribution >= 4 is 17.7 Å². The van der Waals surface area contributed by atoms with Gasteiger partial charge in [-0.2, -0.15) is 11.8 Å². The van der Waals surface area contributed by atoms with E-state index in [0.29, 0.717) is 6.42 Å². The van der Waals surface area contributed by atoms with Gasteiger partial charge in [0.25, 0.3) is 0 Å². The number of hydrogen-bond acceptors (Lipinski definition) is 3. The smallest absolute Gasteiger partial charge is 0.224 e. The maximum Gasteiger partial charge on any atom is 0.224 e. The van der Waals surface area contributed by atoms with Crippen LogP contribution in [-0.4, -0.2) is 45.0 Å². The van der Waals surface area contributed by atoms with Gasteiger partial charge in [0.05, 0.1) is 0 Å². The second-order valence-electron chi connectivity index (χ2n) is 3.91. The number of hydrogen-bond donors (Lipinski definition) is 0. The fraction of sp³-hybridized carbons (Fsp3) is 0.636. The summed E-state index contributed by atoms with van der Waals surface area (Å²) >= 11 is 1.93. The van der Waals surface area contributed by atoms with Gasteiger partial charge in [0.1, 0.15) is 5.82 Å². The molecular formula is C11H17N3OS. The SMILES string of the molecule is Cc1nccn1CCC(=O)N1CCSCC1. The zero-order valence-electron chi connectivity index (χ0n) is 9.56. The van der Waals surface area contributed by atoms with Crippen molar-refractivity contribution in [1.82, 2.24) is 14.5 Å². The third-order valence-electron chi connectivity index (χ3n) is 2.85. The standard InChI is InChI=1S/C11H17N3OS/c1-10-12-3-5-13(10)4-2-11(15)14-6-8-16-9-7-14/h3,5H,2,4,6-9H2,1H3. The van der Waals surface area contributed by atoms with Gasteiger partial charge in [-0.15, -0.1) is 0 Å². The van der Waals surface area contributed by atoms with Crippen LogP contribution in [-0.2, 0) is 11.3 Å². The van der Waals surface area contributed by atoms with Gasteiger partial charge in [-0.05, 0) is 6.92 Å². The lowest BCUT2D eigenvalue weighted by Crippen LogP contribution is -2.38. The molecule has 1 saturated heterocycles. The average Bonchev–Trinajstić information content (AvgIpc) is 2.73. The van der Waals surface area contributed by atoms with Crippen molar-refractivity contribution in [3.63, 3.8) is 0 Å². The molecule has 1 aromatic heterocycles. The molecule has 2 heterocycles. The van der Waals surface area contributed by atoms with Crippen LogP contribution in [0, 0.1) is 6.92 Å². The summed E-state index contributed by atoms with van der Waals surface area (Å²) in [4.78, 5) is 18.0. The number of aromatic nitrogens is 2. The topological polar surface area (TPSA) is 38.1 Å². The molecular weight excluding hydrogens is 222 g/mol. The van der Waals surface area contributed by atoms with Crippen LogP contribution < -0.4 is 0 Å². The molecule has 1 aromatic rings. The van der Waals surface area contributed by atoms with Gasteiger partial charge in [-0.1, -0.05) is 0 Å². The van der Waals surface area contributed by atoms with Crippen LogP contribution in [0.2, 0.25) is 0 Å². The van der Waals surface area contributed by atoms with E-state index in [1.54, 1.807) is 6.20 Å². The molecule has 1 amide bonds. The molecule has 4 nitrogen and oxygen atoms in total. The highest BCUT2D eigenvalue weighted by Crippen LogP contribution is 2.10. The van der Waals surface area contributed by atoms with Crippen LogP contribution in [0.4, 0.5) is 0 Å². The van der Waals surface area contributed by atoms with Gasteiger partial charge in [0, 0.05) is 50.0 Å². The molecule has 5 heteroatoms. The minimum atomic E-state index is 0.272. The van der Waals surface area contributed by atoms with Crippen LogP contribution in [0.1, 0.15) is 12.2 Å². The van der Waals surface area contributed by atoms with Gasteiger partial charge in [-0.3, -0.25) is 4.79 Å². The summed E-state index contributed by atoms with van der Waals surface area (Å²) in [5, 5.41) is 0. The Morgan fingerprint density at radius 2 is 2.25 bits per heavy atom. The molecule has 1 aliphatic rings. The summed E-state index contributed by atoms with van der Waals surface area (Å²) in [5.74, 6) is 3.40. The van der Waals surface area contributed by atoms with Crippen LogP contribution in [0.3, 0.4) is 0 Å². The van der Waals surface area contributed by atoms with E-state index in [-0.39, 0.29) is 5.91 Å². The molecule has 0 bridgehead atoms. The quantitative estimate of drug-likeness (QED) is 0.794. The predicted octanol–water partition coefficient (Wildman–Crippen LogP) is 1.16. The van der Waals surface area contributed by atoms with Gasteiger partial charge in [-0.25, -0.2) is 4.98 Å².